The van der Waals surface area contributed by atoms with Gasteiger partial charge in [-0.1, -0.05) is 41.4 Å². The van der Waals surface area contributed by atoms with Crippen molar-refractivity contribution in [3.8, 4) is 28.1 Å². The molecule has 0 atom stereocenters. The summed E-state index contributed by atoms with van der Waals surface area (Å²) in [6, 6.07) is 23.5. The maximum Gasteiger partial charge on any atom is 0.207 e. The number of aromatic nitrogens is 3. The number of halogens is 2. The quantitative estimate of drug-likeness (QED) is 0.283. The average molecular weight is 473 g/mol. The molecule has 0 radical (unpaired) electrons. The lowest BCUT2D eigenvalue weighted by Crippen LogP contribution is -2.09. The van der Waals surface area contributed by atoms with Crippen molar-refractivity contribution in [2.75, 3.05) is 5.73 Å². The predicted molar refractivity (Wildman–Crippen MR) is 135 cm³/mol. The largest absolute Gasteiger partial charge is 0.384 e. The molecule has 0 amide bonds. The normalized spacial score (nSPS) is 11.1. The Morgan fingerprint density at radius 3 is 2.18 bits per heavy atom. The van der Waals surface area contributed by atoms with E-state index in [-0.39, 0.29) is 5.82 Å². The molecule has 0 spiro atoms. The van der Waals surface area contributed by atoms with Gasteiger partial charge in [0.15, 0.2) is 5.65 Å². The number of nitrogen functional groups attached to an aromatic ring is 1. The van der Waals surface area contributed by atoms with Gasteiger partial charge < -0.3 is 5.73 Å². The van der Waals surface area contributed by atoms with Crippen molar-refractivity contribution in [2.24, 2.45) is 0 Å². The molecular formula is C26H18ClFN4S. The van der Waals surface area contributed by atoms with E-state index in [0.29, 0.717) is 32.3 Å². The second-order valence-electron chi connectivity index (χ2n) is 7.72. The Labute approximate surface area is 200 Å². The molecule has 0 aliphatic heterocycles. The molecule has 5 aromatic rings. The molecule has 4 nitrogen and oxygen atoms in total. The van der Waals surface area contributed by atoms with E-state index in [0.717, 1.165) is 27.9 Å². The van der Waals surface area contributed by atoms with Gasteiger partial charge in [-0.15, -0.1) is 0 Å². The molecule has 3 aromatic carbocycles. The maximum atomic E-state index is 13.5. The zero-order valence-electron chi connectivity index (χ0n) is 17.6. The average Bonchev–Trinajstić information content (AvgIpc) is 2.80. The summed E-state index contributed by atoms with van der Waals surface area (Å²) in [5.74, 6) is 0.128. The van der Waals surface area contributed by atoms with Crippen LogP contribution in [0, 0.1) is 17.5 Å². The fraction of sp³-hybridized carbons (Fsp3) is 0.0385. The van der Waals surface area contributed by atoms with Crippen molar-refractivity contribution < 1.29 is 4.39 Å². The summed E-state index contributed by atoms with van der Waals surface area (Å²) in [4.78, 5) is 9.36. The summed E-state index contributed by atoms with van der Waals surface area (Å²) in [5.41, 5.74) is 12.2. The minimum absolute atomic E-state index is 0.301. The van der Waals surface area contributed by atoms with E-state index in [1.807, 2.05) is 61.5 Å². The highest BCUT2D eigenvalue weighted by molar-refractivity contribution is 7.71. The van der Waals surface area contributed by atoms with Gasteiger partial charge >= 0.3 is 0 Å². The van der Waals surface area contributed by atoms with Crippen LogP contribution < -0.4 is 5.73 Å². The number of hydrogen-bond donors (Lipinski definition) is 1. The summed E-state index contributed by atoms with van der Waals surface area (Å²) < 4.78 is 15.5. The standard InChI is InChI=1S/C26H18ClFN4S/c1-15-2-12-20(13-3-15)32-24(29)23-21(16-4-8-18(27)9-5-16)14-22(30-25(23)31-26(32)33)17-6-10-19(28)11-7-17/h2-14H,29H2,1H3. The van der Waals surface area contributed by atoms with Crippen LogP contribution in [0.1, 0.15) is 5.56 Å². The summed E-state index contributed by atoms with van der Waals surface area (Å²) in [6.45, 7) is 2.02. The van der Waals surface area contributed by atoms with Gasteiger partial charge in [0.05, 0.1) is 11.1 Å². The summed E-state index contributed by atoms with van der Waals surface area (Å²) in [5, 5.41) is 1.31. The van der Waals surface area contributed by atoms with Gasteiger partial charge in [-0.2, -0.15) is 4.98 Å². The van der Waals surface area contributed by atoms with E-state index in [9.17, 15) is 4.39 Å². The van der Waals surface area contributed by atoms with Crippen LogP contribution in [-0.2, 0) is 0 Å². The van der Waals surface area contributed by atoms with Crippen molar-refractivity contribution >= 4 is 40.7 Å². The second kappa shape index (κ2) is 8.39. The molecule has 0 aliphatic rings. The first-order valence-corrected chi connectivity index (χ1v) is 11.0. The van der Waals surface area contributed by atoms with Crippen LogP contribution in [0.4, 0.5) is 10.2 Å². The number of rotatable bonds is 3. The van der Waals surface area contributed by atoms with Crippen molar-refractivity contribution in [1.82, 2.24) is 14.5 Å². The van der Waals surface area contributed by atoms with E-state index < -0.39 is 0 Å². The number of hydrogen-bond acceptors (Lipinski definition) is 4. The smallest absolute Gasteiger partial charge is 0.207 e. The van der Waals surface area contributed by atoms with Crippen molar-refractivity contribution in [1.29, 1.82) is 0 Å². The molecule has 0 fully saturated rings. The number of fused-ring (bicyclic) bond motifs is 1. The van der Waals surface area contributed by atoms with Crippen LogP contribution in [0.3, 0.4) is 0 Å². The van der Waals surface area contributed by atoms with E-state index >= 15 is 0 Å². The molecule has 33 heavy (non-hydrogen) atoms. The maximum absolute atomic E-state index is 13.5. The number of pyridine rings is 1. The molecule has 2 heterocycles. The highest BCUT2D eigenvalue weighted by Crippen LogP contribution is 2.36. The lowest BCUT2D eigenvalue weighted by Gasteiger charge is -2.17. The van der Waals surface area contributed by atoms with Crippen LogP contribution in [0.15, 0.2) is 78.9 Å². The highest BCUT2D eigenvalue weighted by atomic mass is 35.5. The molecule has 0 saturated carbocycles. The third kappa shape index (κ3) is 3.99. The molecule has 0 aliphatic carbocycles. The fourth-order valence-electron chi connectivity index (χ4n) is 3.79. The Balaban J connectivity index is 1.84. The van der Waals surface area contributed by atoms with Gasteiger partial charge in [0.1, 0.15) is 11.6 Å². The van der Waals surface area contributed by atoms with Gasteiger partial charge in [-0.3, -0.25) is 4.57 Å². The second-order valence-corrected chi connectivity index (χ2v) is 8.52. The summed E-state index contributed by atoms with van der Waals surface area (Å²) in [7, 11) is 0. The van der Waals surface area contributed by atoms with E-state index in [4.69, 9.17) is 34.5 Å². The van der Waals surface area contributed by atoms with Gasteiger partial charge in [0.25, 0.3) is 0 Å². The SMILES string of the molecule is Cc1ccc(-n2c(N)c3c(-c4ccc(Cl)cc4)cc(-c4ccc(F)cc4)nc3nc2=S)cc1. The van der Waals surface area contributed by atoms with Crippen LogP contribution in [0.25, 0.3) is 39.1 Å². The Bertz CT molecular complexity index is 1540. The first-order chi connectivity index (χ1) is 15.9. The van der Waals surface area contributed by atoms with Gasteiger partial charge in [0.2, 0.25) is 4.77 Å². The third-order valence-corrected chi connectivity index (χ3v) is 6.00. The van der Waals surface area contributed by atoms with Crippen molar-refractivity contribution in [3.63, 3.8) is 0 Å². The summed E-state index contributed by atoms with van der Waals surface area (Å²) in [6.07, 6.45) is 0. The highest BCUT2D eigenvalue weighted by Gasteiger charge is 2.17. The first kappa shape index (κ1) is 21.2. The fourth-order valence-corrected chi connectivity index (χ4v) is 4.21. The summed E-state index contributed by atoms with van der Waals surface area (Å²) >= 11 is 11.7. The van der Waals surface area contributed by atoms with Crippen molar-refractivity contribution in [2.45, 2.75) is 6.92 Å². The third-order valence-electron chi connectivity index (χ3n) is 5.48. The topological polar surface area (TPSA) is 56.7 Å². The van der Waals surface area contributed by atoms with Crippen molar-refractivity contribution in [3.05, 3.63) is 100 Å². The van der Waals surface area contributed by atoms with E-state index in [1.165, 1.54) is 12.1 Å². The number of nitrogens with two attached hydrogens (primary N) is 1. The lowest BCUT2D eigenvalue weighted by molar-refractivity contribution is 0.628. The van der Waals surface area contributed by atoms with Crippen LogP contribution in [0.2, 0.25) is 5.02 Å². The minimum Gasteiger partial charge on any atom is -0.384 e. The first-order valence-electron chi connectivity index (χ1n) is 10.2. The zero-order valence-corrected chi connectivity index (χ0v) is 19.2. The molecular weight excluding hydrogens is 455 g/mol. The van der Waals surface area contributed by atoms with E-state index in [2.05, 4.69) is 4.98 Å². The zero-order chi connectivity index (χ0) is 23.1. The Kier molecular flexibility index (Phi) is 5.40. The van der Waals surface area contributed by atoms with Gasteiger partial charge in [-0.25, -0.2) is 9.37 Å². The molecule has 0 saturated heterocycles. The minimum atomic E-state index is -0.313. The van der Waals surface area contributed by atoms with E-state index in [1.54, 1.807) is 16.7 Å². The molecule has 0 bridgehead atoms. The molecule has 0 unspecified atom stereocenters. The Morgan fingerprint density at radius 2 is 1.52 bits per heavy atom. The lowest BCUT2D eigenvalue weighted by atomic mass is 9.99. The molecule has 162 valence electrons. The van der Waals surface area contributed by atoms with Gasteiger partial charge in [0, 0.05) is 16.3 Å². The predicted octanol–water partition coefficient (Wildman–Crippen LogP) is 7.17. The molecule has 2 aromatic heterocycles. The Morgan fingerprint density at radius 1 is 0.879 bits per heavy atom. The number of benzene rings is 3. The number of nitrogens with zero attached hydrogens (tertiary/aromatic N) is 3. The monoisotopic (exact) mass is 472 g/mol. The number of aryl methyl sites for hydroxylation is 1. The van der Waals surface area contributed by atoms with Crippen LogP contribution >= 0.6 is 23.8 Å². The molecule has 5 rings (SSSR count). The Hall–Kier alpha value is -3.61. The molecule has 2 N–H and O–H groups in total. The van der Waals surface area contributed by atoms with Gasteiger partial charge in [-0.05, 0) is 84.9 Å². The van der Waals surface area contributed by atoms with Crippen LogP contribution in [0.5, 0.6) is 0 Å². The molecule has 7 heteroatoms. The number of anilines is 1. The van der Waals surface area contributed by atoms with Crippen LogP contribution in [-0.4, -0.2) is 14.5 Å².